The van der Waals surface area contributed by atoms with Crippen molar-refractivity contribution < 1.29 is 33.7 Å². The number of likely N-dealkylation sites (N-methyl/N-ethyl adjacent to an activating group) is 1. The van der Waals surface area contributed by atoms with Crippen molar-refractivity contribution in [2.75, 3.05) is 44.2 Å². The Morgan fingerprint density at radius 3 is 2.47 bits per heavy atom. The normalized spacial score (nSPS) is 21.0. The Morgan fingerprint density at radius 2 is 1.72 bits per heavy atom. The highest BCUT2D eigenvalue weighted by Crippen LogP contribution is 2.34. The summed E-state index contributed by atoms with van der Waals surface area (Å²) in [5, 5.41) is 15.8. The second-order valence-electron chi connectivity index (χ2n) is 11.9. The molecule has 2 aliphatic heterocycles. The number of ether oxygens (including phenoxy) is 3. The lowest BCUT2D eigenvalue weighted by molar-refractivity contribution is -0.134. The highest BCUT2D eigenvalue weighted by molar-refractivity contribution is 5.93. The Kier molecular flexibility index (Phi) is 9.59. The topological polar surface area (TPSA) is 130 Å². The number of nitrogens with one attached hydrogen (secondary N) is 2. The molecule has 0 radical (unpaired) electrons. The molecule has 0 unspecified atom stereocenters. The molecule has 0 aromatic heterocycles. The molecule has 2 aromatic carbocycles. The van der Waals surface area contributed by atoms with E-state index in [1.807, 2.05) is 13.8 Å². The Bertz CT molecular complexity index is 1330. The number of aliphatic hydroxyl groups is 1. The SMILES string of the molecule is C[C@H]1CN([C@@H](C)CO)C(=O)Cc2cc(NC(=O)C3CCCCC3)ccc2O[C@H]1CN(C)C(=O)Nc1ccc2c(c1)OCO2. The molecule has 1 fully saturated rings. The maximum absolute atomic E-state index is 13.5. The second kappa shape index (κ2) is 13.5. The highest BCUT2D eigenvalue weighted by Gasteiger charge is 2.32. The molecule has 2 heterocycles. The Hall–Kier alpha value is -3.99. The number of aliphatic hydroxyl groups excluding tert-OH is 1. The van der Waals surface area contributed by atoms with Crippen molar-refractivity contribution in [2.24, 2.45) is 11.8 Å². The van der Waals surface area contributed by atoms with Gasteiger partial charge in [0, 0.05) is 48.4 Å². The average molecular weight is 595 g/mol. The molecule has 0 bridgehead atoms. The van der Waals surface area contributed by atoms with E-state index in [0.717, 1.165) is 25.7 Å². The van der Waals surface area contributed by atoms with Gasteiger partial charge in [-0.2, -0.15) is 0 Å². The first kappa shape index (κ1) is 30.5. The third kappa shape index (κ3) is 7.33. The van der Waals surface area contributed by atoms with Gasteiger partial charge in [0.2, 0.25) is 18.6 Å². The van der Waals surface area contributed by atoms with E-state index in [4.69, 9.17) is 14.2 Å². The van der Waals surface area contributed by atoms with Crippen LogP contribution in [0.4, 0.5) is 16.2 Å². The minimum absolute atomic E-state index is 0.00214. The van der Waals surface area contributed by atoms with Crippen molar-refractivity contribution in [3.63, 3.8) is 0 Å². The van der Waals surface area contributed by atoms with E-state index < -0.39 is 12.1 Å². The lowest BCUT2D eigenvalue weighted by Crippen LogP contribution is -2.48. The number of carbonyl (C=O) groups excluding carboxylic acids is 3. The lowest BCUT2D eigenvalue weighted by Gasteiger charge is -2.34. The van der Waals surface area contributed by atoms with Crippen LogP contribution in [0.2, 0.25) is 0 Å². The molecule has 0 spiro atoms. The summed E-state index contributed by atoms with van der Waals surface area (Å²) in [5.74, 6) is 1.44. The molecular weight excluding hydrogens is 552 g/mol. The standard InChI is InChI=1S/C32H42N4O7/c1-20-16-36(21(2)18-37)30(38)14-23-13-24(33-31(39)22-7-5-4-6-8-22)9-11-26(23)43-29(20)17-35(3)32(40)34-25-10-12-27-28(15-25)42-19-41-27/h9-13,15,20-22,29,37H,4-8,14,16-19H2,1-3H3,(H,33,39)(H,34,40)/t20-,21-,29-/m0/s1. The molecule has 43 heavy (non-hydrogen) atoms. The molecule has 1 saturated carbocycles. The molecule has 0 saturated heterocycles. The fraction of sp³-hybridized carbons (Fsp3) is 0.531. The van der Waals surface area contributed by atoms with Gasteiger partial charge in [0.05, 0.1) is 25.6 Å². The Balaban J connectivity index is 1.34. The molecule has 4 amide bonds. The lowest BCUT2D eigenvalue weighted by atomic mass is 9.88. The number of amides is 4. The fourth-order valence-electron chi connectivity index (χ4n) is 5.88. The van der Waals surface area contributed by atoms with Crippen molar-refractivity contribution >= 4 is 29.2 Å². The van der Waals surface area contributed by atoms with Crippen LogP contribution >= 0.6 is 0 Å². The van der Waals surface area contributed by atoms with Gasteiger partial charge in [0.1, 0.15) is 11.9 Å². The molecule has 5 rings (SSSR count). The minimum atomic E-state index is -0.465. The number of urea groups is 1. The number of fused-ring (bicyclic) bond motifs is 2. The predicted molar refractivity (Wildman–Crippen MR) is 161 cm³/mol. The molecule has 11 heteroatoms. The largest absolute Gasteiger partial charge is 0.488 e. The molecule has 11 nitrogen and oxygen atoms in total. The van der Waals surface area contributed by atoms with Crippen molar-refractivity contribution in [1.82, 2.24) is 9.80 Å². The van der Waals surface area contributed by atoms with Crippen LogP contribution in [-0.2, 0) is 16.0 Å². The van der Waals surface area contributed by atoms with Crippen LogP contribution in [0.5, 0.6) is 17.2 Å². The van der Waals surface area contributed by atoms with Gasteiger partial charge < -0.3 is 39.8 Å². The summed E-state index contributed by atoms with van der Waals surface area (Å²) < 4.78 is 17.3. The van der Waals surface area contributed by atoms with E-state index in [0.29, 0.717) is 40.7 Å². The number of nitrogens with zero attached hydrogens (tertiary/aromatic N) is 2. The molecule has 2 aromatic rings. The van der Waals surface area contributed by atoms with E-state index in [1.54, 1.807) is 53.2 Å². The zero-order chi connectivity index (χ0) is 30.5. The van der Waals surface area contributed by atoms with Crippen LogP contribution in [0.1, 0.15) is 51.5 Å². The third-order valence-electron chi connectivity index (χ3n) is 8.58. The monoisotopic (exact) mass is 594 g/mol. The number of benzene rings is 2. The predicted octanol–water partition coefficient (Wildman–Crippen LogP) is 4.25. The van der Waals surface area contributed by atoms with Crippen LogP contribution in [0.3, 0.4) is 0 Å². The van der Waals surface area contributed by atoms with Crippen LogP contribution in [0.25, 0.3) is 0 Å². The summed E-state index contributed by atoms with van der Waals surface area (Å²) in [4.78, 5) is 42.8. The van der Waals surface area contributed by atoms with E-state index in [9.17, 15) is 19.5 Å². The molecule has 3 N–H and O–H groups in total. The minimum Gasteiger partial charge on any atom is -0.488 e. The van der Waals surface area contributed by atoms with Gasteiger partial charge in [-0.3, -0.25) is 9.59 Å². The van der Waals surface area contributed by atoms with Crippen LogP contribution in [-0.4, -0.2) is 78.4 Å². The van der Waals surface area contributed by atoms with Gasteiger partial charge >= 0.3 is 6.03 Å². The summed E-state index contributed by atoms with van der Waals surface area (Å²) in [7, 11) is 1.69. The van der Waals surface area contributed by atoms with E-state index >= 15 is 0 Å². The van der Waals surface area contributed by atoms with Crippen molar-refractivity contribution in [1.29, 1.82) is 0 Å². The van der Waals surface area contributed by atoms with Gasteiger partial charge in [0.15, 0.2) is 11.5 Å². The number of hydrogen-bond donors (Lipinski definition) is 3. The smallest absolute Gasteiger partial charge is 0.321 e. The van der Waals surface area contributed by atoms with Gasteiger partial charge in [-0.25, -0.2) is 4.79 Å². The number of anilines is 2. The van der Waals surface area contributed by atoms with E-state index in [2.05, 4.69) is 10.6 Å². The molecule has 1 aliphatic carbocycles. The molecule has 3 atom stereocenters. The first-order valence-electron chi connectivity index (χ1n) is 15.1. The van der Waals surface area contributed by atoms with Gasteiger partial charge in [-0.05, 0) is 50.1 Å². The van der Waals surface area contributed by atoms with Crippen LogP contribution in [0, 0.1) is 11.8 Å². The van der Waals surface area contributed by atoms with Gasteiger partial charge in [0.25, 0.3) is 0 Å². The first-order chi connectivity index (χ1) is 20.7. The summed E-state index contributed by atoms with van der Waals surface area (Å²) in [6, 6.07) is 9.89. The second-order valence-corrected chi connectivity index (χ2v) is 11.9. The Labute approximate surface area is 252 Å². The van der Waals surface area contributed by atoms with Gasteiger partial charge in [-0.1, -0.05) is 26.2 Å². The average Bonchev–Trinajstić information content (AvgIpc) is 3.49. The summed E-state index contributed by atoms with van der Waals surface area (Å²) in [5.41, 5.74) is 1.84. The van der Waals surface area contributed by atoms with Crippen LogP contribution < -0.4 is 24.8 Å². The maximum atomic E-state index is 13.5. The summed E-state index contributed by atoms with van der Waals surface area (Å²) >= 11 is 0. The fourth-order valence-corrected chi connectivity index (χ4v) is 5.88. The number of carbonyl (C=O) groups is 3. The Morgan fingerprint density at radius 1 is 1.02 bits per heavy atom. The third-order valence-corrected chi connectivity index (χ3v) is 8.58. The zero-order valence-corrected chi connectivity index (χ0v) is 25.1. The van der Waals surface area contributed by atoms with E-state index in [1.165, 1.54) is 6.42 Å². The zero-order valence-electron chi connectivity index (χ0n) is 25.1. The van der Waals surface area contributed by atoms with E-state index in [-0.39, 0.29) is 56.0 Å². The van der Waals surface area contributed by atoms with Crippen molar-refractivity contribution in [3.8, 4) is 17.2 Å². The van der Waals surface area contributed by atoms with Crippen LogP contribution in [0.15, 0.2) is 36.4 Å². The van der Waals surface area contributed by atoms with Crippen molar-refractivity contribution in [2.45, 2.75) is 64.5 Å². The highest BCUT2D eigenvalue weighted by atomic mass is 16.7. The summed E-state index contributed by atoms with van der Waals surface area (Å²) in [6.07, 6.45) is 4.67. The van der Waals surface area contributed by atoms with Gasteiger partial charge in [-0.15, -0.1) is 0 Å². The maximum Gasteiger partial charge on any atom is 0.321 e. The molecule has 232 valence electrons. The number of rotatable bonds is 7. The number of hydrogen-bond acceptors (Lipinski definition) is 7. The molecular formula is C32H42N4O7. The molecule has 3 aliphatic rings. The quantitative estimate of drug-likeness (QED) is 0.437. The first-order valence-corrected chi connectivity index (χ1v) is 15.1. The van der Waals surface area contributed by atoms with Crippen molar-refractivity contribution in [3.05, 3.63) is 42.0 Å². The summed E-state index contributed by atoms with van der Waals surface area (Å²) in [6.45, 7) is 4.35.